The lowest BCUT2D eigenvalue weighted by molar-refractivity contribution is -0.122. The molecule has 1 saturated carbocycles. The molecule has 2 fully saturated rings. The van der Waals surface area contributed by atoms with Gasteiger partial charge in [0.05, 0.1) is 16.9 Å². The van der Waals surface area contributed by atoms with Gasteiger partial charge in [-0.15, -0.1) is 0 Å². The zero-order valence-electron chi connectivity index (χ0n) is 19.0. The van der Waals surface area contributed by atoms with E-state index in [-0.39, 0.29) is 11.8 Å². The molecule has 0 aromatic carbocycles. The molecule has 1 aliphatic heterocycles. The molecule has 1 saturated heterocycles. The van der Waals surface area contributed by atoms with Crippen molar-refractivity contribution in [2.45, 2.75) is 45.1 Å². The average molecular weight is 433 g/mol. The zero-order chi connectivity index (χ0) is 22.5. The summed E-state index contributed by atoms with van der Waals surface area (Å²) in [6.45, 7) is 8.12. The highest BCUT2D eigenvalue weighted by Crippen LogP contribution is 2.27. The summed E-state index contributed by atoms with van der Waals surface area (Å²) in [6.07, 6.45) is 10.7. The van der Waals surface area contributed by atoms with Gasteiger partial charge in [-0.05, 0) is 77.0 Å². The number of piperidine rings is 1. The number of carbonyl (C=O) groups is 1. The van der Waals surface area contributed by atoms with Gasteiger partial charge in [-0.25, -0.2) is 15.0 Å². The fraction of sp³-hybridized carbons (Fsp3) is 0.440. The Morgan fingerprint density at radius 2 is 2.03 bits per heavy atom. The van der Waals surface area contributed by atoms with Crippen LogP contribution < -0.4 is 10.6 Å². The smallest absolute Gasteiger partial charge is 0.228 e. The van der Waals surface area contributed by atoms with E-state index in [9.17, 15) is 4.79 Å². The van der Waals surface area contributed by atoms with Gasteiger partial charge in [0.15, 0.2) is 0 Å². The van der Waals surface area contributed by atoms with Crippen LogP contribution in [-0.2, 0) is 4.79 Å². The summed E-state index contributed by atoms with van der Waals surface area (Å²) in [4.78, 5) is 28.6. The van der Waals surface area contributed by atoms with Crippen LogP contribution in [0.3, 0.4) is 0 Å². The Labute approximate surface area is 189 Å². The number of fused-ring (bicyclic) bond motifs is 1. The van der Waals surface area contributed by atoms with E-state index < -0.39 is 0 Å². The topological polar surface area (TPSA) is 82.5 Å². The molecule has 1 aliphatic carbocycles. The van der Waals surface area contributed by atoms with E-state index in [1.165, 1.54) is 0 Å². The summed E-state index contributed by atoms with van der Waals surface area (Å²) in [5, 5.41) is 7.40. The molecule has 168 valence electrons. The van der Waals surface area contributed by atoms with Crippen LogP contribution >= 0.6 is 0 Å². The van der Waals surface area contributed by atoms with E-state index in [2.05, 4.69) is 34.1 Å². The number of carbonyl (C=O) groups excluding carboxylic acids is 1. The Bertz CT molecular complexity index is 1050. The Morgan fingerprint density at radius 3 is 2.69 bits per heavy atom. The first-order chi connectivity index (χ1) is 15.6. The molecular weight excluding hydrogens is 400 g/mol. The summed E-state index contributed by atoms with van der Waals surface area (Å²) in [7, 11) is 2.16. The van der Waals surface area contributed by atoms with E-state index in [1.807, 2.05) is 31.2 Å². The number of hydrogen-bond donors (Lipinski definition) is 2. The van der Waals surface area contributed by atoms with Crippen LogP contribution in [0.15, 0.2) is 53.9 Å². The summed E-state index contributed by atoms with van der Waals surface area (Å²) in [6, 6.07) is 6.15. The molecule has 0 unspecified atom stereocenters. The maximum Gasteiger partial charge on any atom is 0.228 e. The van der Waals surface area contributed by atoms with E-state index in [4.69, 9.17) is 9.98 Å². The van der Waals surface area contributed by atoms with Gasteiger partial charge in [0.25, 0.3) is 0 Å². The van der Waals surface area contributed by atoms with Gasteiger partial charge in [-0.3, -0.25) is 4.79 Å². The summed E-state index contributed by atoms with van der Waals surface area (Å²) in [5.41, 5.74) is 2.21. The molecule has 0 radical (unpaired) electrons. The van der Waals surface area contributed by atoms with Gasteiger partial charge in [0, 0.05) is 29.6 Å². The lowest BCUT2D eigenvalue weighted by Gasteiger charge is -2.30. The minimum absolute atomic E-state index is 0.0466. The largest absolute Gasteiger partial charge is 0.367 e. The Morgan fingerprint density at radius 1 is 1.25 bits per heavy atom. The van der Waals surface area contributed by atoms with E-state index in [1.54, 1.807) is 12.3 Å². The number of pyridine rings is 2. The van der Waals surface area contributed by atoms with Crippen molar-refractivity contribution in [3.8, 4) is 0 Å². The standard InChI is InChI=1S/C25H32N6O/c1-4-20(29-23(5-2)27-19-11-13-31(3)14-12-19)21-10-9-18-16-26-24(15-22(18)28-21)30-25(32)17-7-6-8-17/h4-5,9-10,15-17,19,27H,1,6-8,11-14H2,2-3H3,(H,26,30,32)/b23-5-,29-20+. The van der Waals surface area contributed by atoms with E-state index in [0.29, 0.717) is 17.6 Å². The highest BCUT2D eigenvalue weighted by molar-refractivity contribution is 6.08. The zero-order valence-corrected chi connectivity index (χ0v) is 19.0. The van der Waals surface area contributed by atoms with Crippen molar-refractivity contribution in [1.82, 2.24) is 20.2 Å². The first-order valence-electron chi connectivity index (χ1n) is 11.5. The van der Waals surface area contributed by atoms with Crippen LogP contribution in [0.4, 0.5) is 5.82 Å². The molecule has 0 bridgehead atoms. The molecule has 1 amide bonds. The second kappa shape index (κ2) is 10.0. The van der Waals surface area contributed by atoms with Crippen LogP contribution in [-0.4, -0.2) is 52.7 Å². The van der Waals surface area contributed by atoms with Crippen LogP contribution in [0.2, 0.25) is 0 Å². The Balaban J connectivity index is 1.52. The number of aliphatic imine (C=N–C) groups is 1. The first-order valence-corrected chi connectivity index (χ1v) is 11.5. The molecule has 0 atom stereocenters. The lowest BCUT2D eigenvalue weighted by atomic mass is 9.85. The van der Waals surface area contributed by atoms with Gasteiger partial charge in [-0.2, -0.15) is 0 Å². The molecular formula is C25H32N6O. The summed E-state index contributed by atoms with van der Waals surface area (Å²) >= 11 is 0. The van der Waals surface area contributed by atoms with Gasteiger partial charge >= 0.3 is 0 Å². The van der Waals surface area contributed by atoms with Crippen molar-refractivity contribution in [3.63, 3.8) is 0 Å². The molecule has 7 nitrogen and oxygen atoms in total. The molecule has 7 heteroatoms. The van der Waals surface area contributed by atoms with Gasteiger partial charge in [0.1, 0.15) is 11.6 Å². The predicted octanol–water partition coefficient (Wildman–Crippen LogP) is 3.89. The normalized spacial score (nSPS) is 18.9. The molecule has 2 N–H and O–H groups in total. The minimum Gasteiger partial charge on any atom is -0.367 e. The van der Waals surface area contributed by atoms with Crippen LogP contribution in [0.1, 0.15) is 44.7 Å². The van der Waals surface area contributed by atoms with Crippen LogP contribution in [0.25, 0.3) is 10.9 Å². The van der Waals surface area contributed by atoms with Crippen molar-refractivity contribution in [1.29, 1.82) is 0 Å². The number of allylic oxidation sites excluding steroid dienone is 2. The molecule has 2 aliphatic rings. The second-order valence-corrected chi connectivity index (χ2v) is 8.67. The number of aromatic nitrogens is 2. The van der Waals surface area contributed by atoms with Crippen LogP contribution in [0.5, 0.6) is 0 Å². The van der Waals surface area contributed by atoms with Gasteiger partial charge in [0.2, 0.25) is 5.91 Å². The third kappa shape index (κ3) is 5.22. The quantitative estimate of drug-likeness (QED) is 0.649. The monoisotopic (exact) mass is 432 g/mol. The van der Waals surface area contributed by atoms with Crippen LogP contribution in [0, 0.1) is 5.92 Å². The third-order valence-corrected chi connectivity index (χ3v) is 6.34. The number of anilines is 1. The summed E-state index contributed by atoms with van der Waals surface area (Å²) < 4.78 is 0. The molecule has 32 heavy (non-hydrogen) atoms. The highest BCUT2D eigenvalue weighted by atomic mass is 16.2. The van der Waals surface area contributed by atoms with Crippen molar-refractivity contribution in [3.05, 3.63) is 54.6 Å². The fourth-order valence-electron chi connectivity index (χ4n) is 4.01. The van der Waals surface area contributed by atoms with E-state index in [0.717, 1.165) is 67.6 Å². The number of likely N-dealkylation sites (tertiary alicyclic amines) is 1. The van der Waals surface area contributed by atoms with Gasteiger partial charge in [-0.1, -0.05) is 13.0 Å². The van der Waals surface area contributed by atoms with Crippen molar-refractivity contribution in [2.75, 3.05) is 25.5 Å². The number of amides is 1. The number of hydrogen-bond acceptors (Lipinski definition) is 6. The lowest BCUT2D eigenvalue weighted by Crippen LogP contribution is -2.40. The molecule has 4 rings (SSSR count). The SMILES string of the molecule is C=C/C(=N\C(=C/C)NC1CCN(C)CC1)c1ccc2cnc(NC(=O)C3CCC3)cc2n1. The number of nitrogens with zero attached hydrogens (tertiary/aromatic N) is 4. The molecule has 3 heterocycles. The fourth-order valence-corrected chi connectivity index (χ4v) is 4.01. The Hall–Kier alpha value is -3.06. The number of rotatable bonds is 7. The predicted molar refractivity (Wildman–Crippen MR) is 130 cm³/mol. The van der Waals surface area contributed by atoms with E-state index >= 15 is 0 Å². The second-order valence-electron chi connectivity index (χ2n) is 8.67. The summed E-state index contributed by atoms with van der Waals surface area (Å²) in [5.74, 6) is 1.53. The molecule has 2 aromatic heterocycles. The molecule has 0 spiro atoms. The van der Waals surface area contributed by atoms with Gasteiger partial charge < -0.3 is 15.5 Å². The Kier molecular flexibility index (Phi) is 6.95. The number of nitrogens with one attached hydrogen (secondary N) is 2. The third-order valence-electron chi connectivity index (χ3n) is 6.34. The molecule has 2 aromatic rings. The average Bonchev–Trinajstić information content (AvgIpc) is 2.76. The maximum absolute atomic E-state index is 12.3. The van der Waals surface area contributed by atoms with Crippen molar-refractivity contribution in [2.24, 2.45) is 10.9 Å². The maximum atomic E-state index is 12.3. The first kappa shape index (κ1) is 22.1. The highest BCUT2D eigenvalue weighted by Gasteiger charge is 2.25. The minimum atomic E-state index is 0.0466. The van der Waals surface area contributed by atoms with Crippen molar-refractivity contribution >= 4 is 28.3 Å². The van der Waals surface area contributed by atoms with Crippen molar-refractivity contribution < 1.29 is 4.79 Å².